The summed E-state index contributed by atoms with van der Waals surface area (Å²) in [7, 11) is 0. The monoisotopic (exact) mass is 429 g/mol. The molecule has 1 amide bonds. The normalized spacial score (nSPS) is 15.8. The van der Waals surface area contributed by atoms with Crippen molar-refractivity contribution in [2.45, 2.75) is 12.6 Å². The number of carbonyl (C=O) groups excluding carboxylic acids is 1. The summed E-state index contributed by atoms with van der Waals surface area (Å²) in [5.74, 6) is -0.785. The molecule has 6 nitrogen and oxygen atoms in total. The van der Waals surface area contributed by atoms with E-state index in [1.54, 1.807) is 36.5 Å². The molecule has 1 aliphatic carbocycles. The van der Waals surface area contributed by atoms with Crippen LogP contribution in [0.4, 0.5) is 4.39 Å². The fourth-order valence-electron chi connectivity index (χ4n) is 2.63. The van der Waals surface area contributed by atoms with Crippen LogP contribution in [0, 0.1) is 11.5 Å². The van der Waals surface area contributed by atoms with Gasteiger partial charge in [-0.05, 0) is 52.7 Å². The number of rotatable bonds is 7. The van der Waals surface area contributed by atoms with E-state index >= 15 is 0 Å². The number of allylic oxidation sites excluding steroid dienone is 3. The molecule has 1 aliphatic rings. The van der Waals surface area contributed by atoms with Crippen LogP contribution in [-0.2, 0) is 0 Å². The molecule has 0 bridgehead atoms. The van der Waals surface area contributed by atoms with E-state index in [2.05, 4.69) is 20.9 Å². The summed E-state index contributed by atoms with van der Waals surface area (Å²) in [4.78, 5) is 16.0. The van der Waals surface area contributed by atoms with Gasteiger partial charge in [0.05, 0.1) is 12.4 Å². The molecule has 0 radical (unpaired) electrons. The maximum absolute atomic E-state index is 13.9. The number of thiophene rings is 1. The maximum atomic E-state index is 13.9. The van der Waals surface area contributed by atoms with Gasteiger partial charge in [0, 0.05) is 22.7 Å². The third-order valence-corrected chi connectivity index (χ3v) is 5.07. The number of nitrogens with one attached hydrogen (secondary N) is 3. The first kappa shape index (κ1) is 20.7. The predicted molar refractivity (Wildman–Crippen MR) is 112 cm³/mol. The molecule has 1 atom stereocenters. The lowest BCUT2D eigenvalue weighted by Gasteiger charge is -2.21. The SMILES string of the molecule is N#CN=C1CC=C(NCNC(NC(=O)c2ccc(Cl)cc2)c2ccsc2)C=C1F. The van der Waals surface area contributed by atoms with Gasteiger partial charge in [-0.15, -0.1) is 0 Å². The van der Waals surface area contributed by atoms with E-state index in [1.807, 2.05) is 16.8 Å². The molecule has 2 aromatic rings. The van der Waals surface area contributed by atoms with Crippen molar-refractivity contribution in [1.29, 1.82) is 5.26 Å². The number of hydrogen-bond acceptors (Lipinski definition) is 6. The highest BCUT2D eigenvalue weighted by Gasteiger charge is 2.17. The number of nitriles is 1. The first-order chi connectivity index (χ1) is 14.1. The molecule has 3 rings (SSSR count). The van der Waals surface area contributed by atoms with E-state index in [0.717, 1.165) is 5.56 Å². The van der Waals surface area contributed by atoms with Crippen molar-refractivity contribution in [1.82, 2.24) is 16.0 Å². The standard InChI is InChI=1S/C20H17ClFN5OS/c21-15-3-1-13(2-4-15)20(28)27-19(14-7-8-29-10-14)26-12-25-16-5-6-18(24-11-23)17(22)9-16/h1-5,7-10,19,25-26H,6,12H2,(H,27,28). The van der Waals surface area contributed by atoms with Crippen LogP contribution in [0.15, 0.2) is 69.8 Å². The van der Waals surface area contributed by atoms with Crippen molar-refractivity contribution in [3.05, 3.63) is 80.9 Å². The van der Waals surface area contributed by atoms with E-state index < -0.39 is 12.0 Å². The number of hydrogen-bond donors (Lipinski definition) is 3. The van der Waals surface area contributed by atoms with Gasteiger partial charge in [-0.3, -0.25) is 10.1 Å². The minimum Gasteiger partial charge on any atom is -0.373 e. The van der Waals surface area contributed by atoms with Crippen LogP contribution < -0.4 is 16.0 Å². The third-order valence-electron chi connectivity index (χ3n) is 4.12. The lowest BCUT2D eigenvalue weighted by atomic mass is 10.1. The first-order valence-electron chi connectivity index (χ1n) is 8.66. The second-order valence-corrected chi connectivity index (χ2v) is 7.26. The van der Waals surface area contributed by atoms with Crippen LogP contribution in [0.1, 0.15) is 28.5 Å². The van der Waals surface area contributed by atoms with Crippen molar-refractivity contribution in [2.75, 3.05) is 6.67 Å². The van der Waals surface area contributed by atoms with E-state index in [4.69, 9.17) is 16.9 Å². The summed E-state index contributed by atoms with van der Waals surface area (Å²) < 4.78 is 13.9. The summed E-state index contributed by atoms with van der Waals surface area (Å²) in [6.45, 7) is 0.280. The average molecular weight is 430 g/mol. The lowest BCUT2D eigenvalue weighted by molar-refractivity contribution is 0.0928. The number of amides is 1. The van der Waals surface area contributed by atoms with Crippen LogP contribution in [0.5, 0.6) is 0 Å². The summed E-state index contributed by atoms with van der Waals surface area (Å²) >= 11 is 7.39. The number of nitrogens with zero attached hydrogens (tertiary/aromatic N) is 2. The van der Waals surface area contributed by atoms with Gasteiger partial charge in [-0.25, -0.2) is 4.39 Å². The van der Waals surface area contributed by atoms with Gasteiger partial charge < -0.3 is 10.6 Å². The molecule has 148 valence electrons. The molecular formula is C20H17ClFN5OS. The minimum atomic E-state index is -0.540. The topological polar surface area (TPSA) is 89.3 Å². The number of aliphatic imine (C=N–C) groups is 1. The molecule has 9 heteroatoms. The van der Waals surface area contributed by atoms with Crippen LogP contribution in [-0.4, -0.2) is 18.3 Å². The highest BCUT2D eigenvalue weighted by Crippen LogP contribution is 2.17. The van der Waals surface area contributed by atoms with Gasteiger partial charge in [0.1, 0.15) is 12.0 Å². The highest BCUT2D eigenvalue weighted by atomic mass is 35.5. The highest BCUT2D eigenvalue weighted by molar-refractivity contribution is 7.08. The Balaban J connectivity index is 1.61. The van der Waals surface area contributed by atoms with Gasteiger partial charge >= 0.3 is 0 Å². The molecule has 29 heavy (non-hydrogen) atoms. The molecule has 0 saturated carbocycles. The van der Waals surface area contributed by atoms with E-state index in [1.165, 1.54) is 17.4 Å². The Hall–Kier alpha value is -2.99. The smallest absolute Gasteiger partial charge is 0.252 e. The quantitative estimate of drug-likeness (QED) is 0.458. The zero-order valence-corrected chi connectivity index (χ0v) is 16.7. The molecule has 1 aromatic carbocycles. The molecule has 1 aromatic heterocycles. The fraction of sp³-hybridized carbons (Fsp3) is 0.150. The van der Waals surface area contributed by atoms with Crippen LogP contribution in [0.25, 0.3) is 0 Å². The molecule has 0 aliphatic heterocycles. The Labute approximate surface area is 176 Å². The molecular weight excluding hydrogens is 413 g/mol. The summed E-state index contributed by atoms with van der Waals surface area (Å²) in [5.41, 5.74) is 2.08. The summed E-state index contributed by atoms with van der Waals surface area (Å²) in [5, 5.41) is 22.1. The zero-order valence-electron chi connectivity index (χ0n) is 15.2. The van der Waals surface area contributed by atoms with Crippen LogP contribution >= 0.6 is 22.9 Å². The number of benzene rings is 1. The fourth-order valence-corrected chi connectivity index (χ4v) is 3.44. The molecule has 0 spiro atoms. The largest absolute Gasteiger partial charge is 0.373 e. The van der Waals surface area contributed by atoms with E-state index in [0.29, 0.717) is 16.3 Å². The summed E-state index contributed by atoms with van der Waals surface area (Å²) in [6.07, 6.45) is 4.41. The first-order valence-corrected chi connectivity index (χ1v) is 9.98. The van der Waals surface area contributed by atoms with Crippen molar-refractivity contribution in [2.24, 2.45) is 4.99 Å². The Morgan fingerprint density at radius 2 is 2.14 bits per heavy atom. The number of halogens is 2. The Morgan fingerprint density at radius 3 is 2.79 bits per heavy atom. The predicted octanol–water partition coefficient (Wildman–Crippen LogP) is 4.03. The van der Waals surface area contributed by atoms with Crippen molar-refractivity contribution in [3.63, 3.8) is 0 Å². The average Bonchev–Trinajstić information content (AvgIpc) is 3.24. The maximum Gasteiger partial charge on any atom is 0.252 e. The van der Waals surface area contributed by atoms with Gasteiger partial charge in [-0.2, -0.15) is 21.6 Å². The second kappa shape index (κ2) is 9.98. The second-order valence-electron chi connectivity index (χ2n) is 6.04. The molecule has 1 unspecified atom stereocenters. The van der Waals surface area contributed by atoms with Crippen LogP contribution in [0.3, 0.4) is 0 Å². The van der Waals surface area contributed by atoms with Gasteiger partial charge in [-0.1, -0.05) is 17.7 Å². The van der Waals surface area contributed by atoms with Crippen molar-refractivity contribution >= 4 is 34.6 Å². The molecule has 1 heterocycles. The Bertz CT molecular complexity index is 993. The lowest BCUT2D eigenvalue weighted by Crippen LogP contribution is -2.41. The molecule has 0 fully saturated rings. The number of carbonyl (C=O) groups is 1. The summed E-state index contributed by atoms with van der Waals surface area (Å²) in [6, 6.07) is 8.54. The van der Waals surface area contributed by atoms with Crippen molar-refractivity contribution in [3.8, 4) is 6.19 Å². The molecule has 0 saturated heterocycles. The zero-order chi connectivity index (χ0) is 20.6. The van der Waals surface area contributed by atoms with E-state index in [9.17, 15) is 9.18 Å². The Kier molecular flexibility index (Phi) is 7.14. The van der Waals surface area contributed by atoms with Crippen LogP contribution in [0.2, 0.25) is 5.02 Å². The van der Waals surface area contributed by atoms with Gasteiger partial charge in [0.15, 0.2) is 0 Å². The Morgan fingerprint density at radius 1 is 1.34 bits per heavy atom. The minimum absolute atomic E-state index is 0.109. The van der Waals surface area contributed by atoms with Gasteiger partial charge in [0.25, 0.3) is 5.91 Å². The van der Waals surface area contributed by atoms with E-state index in [-0.39, 0.29) is 24.7 Å². The van der Waals surface area contributed by atoms with Gasteiger partial charge in [0.2, 0.25) is 6.19 Å². The third kappa shape index (κ3) is 5.74. The van der Waals surface area contributed by atoms with Crippen molar-refractivity contribution < 1.29 is 9.18 Å². The molecule has 3 N–H and O–H groups in total.